The molecule has 1 aliphatic rings. The van der Waals surface area contributed by atoms with Crippen molar-refractivity contribution in [1.29, 1.82) is 0 Å². The number of ether oxygens (including phenoxy) is 1. The first kappa shape index (κ1) is 15.3. The predicted molar refractivity (Wildman–Crippen MR) is 85.3 cm³/mol. The molecular formula is C17H28N2O. The van der Waals surface area contributed by atoms with Crippen LogP contribution in [0.2, 0.25) is 0 Å². The summed E-state index contributed by atoms with van der Waals surface area (Å²) in [7, 11) is 0. The Labute approximate surface area is 123 Å². The molecule has 0 bridgehead atoms. The number of rotatable bonds is 7. The van der Waals surface area contributed by atoms with Gasteiger partial charge in [0.2, 0.25) is 0 Å². The van der Waals surface area contributed by atoms with Crippen LogP contribution in [0.4, 0.5) is 5.69 Å². The van der Waals surface area contributed by atoms with Gasteiger partial charge >= 0.3 is 0 Å². The van der Waals surface area contributed by atoms with E-state index < -0.39 is 0 Å². The minimum absolute atomic E-state index is 0.404. The van der Waals surface area contributed by atoms with Gasteiger partial charge in [-0.3, -0.25) is 0 Å². The summed E-state index contributed by atoms with van der Waals surface area (Å²) in [5.74, 6) is 0. The third-order valence-corrected chi connectivity index (χ3v) is 3.86. The standard InChI is InChI=1S/C17H28N2O/c1-4-19(13-16-9-7-11-20-16)17-10-6-5-8-15(17)12-18-14(2)3/h5-6,8,10,14,16,18H,4,7,9,11-13H2,1-3H3. The van der Waals surface area contributed by atoms with Gasteiger partial charge in [-0.2, -0.15) is 0 Å². The van der Waals surface area contributed by atoms with E-state index in [2.05, 4.69) is 55.3 Å². The van der Waals surface area contributed by atoms with Crippen LogP contribution in [0.1, 0.15) is 39.2 Å². The van der Waals surface area contributed by atoms with Crippen molar-refractivity contribution in [2.24, 2.45) is 0 Å². The van der Waals surface area contributed by atoms with Gasteiger partial charge in [0, 0.05) is 38.0 Å². The maximum absolute atomic E-state index is 5.79. The summed E-state index contributed by atoms with van der Waals surface area (Å²) in [4.78, 5) is 2.45. The molecule has 0 saturated carbocycles. The lowest BCUT2D eigenvalue weighted by atomic mass is 10.1. The molecule has 0 aromatic heterocycles. The molecule has 1 heterocycles. The number of nitrogens with one attached hydrogen (secondary N) is 1. The van der Waals surface area contributed by atoms with E-state index in [4.69, 9.17) is 4.74 Å². The Balaban J connectivity index is 2.07. The van der Waals surface area contributed by atoms with Crippen LogP contribution in [0.25, 0.3) is 0 Å². The molecule has 1 N–H and O–H groups in total. The van der Waals surface area contributed by atoms with Gasteiger partial charge in [0.25, 0.3) is 0 Å². The van der Waals surface area contributed by atoms with Gasteiger partial charge in [-0.25, -0.2) is 0 Å². The fraction of sp³-hybridized carbons (Fsp3) is 0.647. The second-order valence-corrected chi connectivity index (χ2v) is 5.84. The smallest absolute Gasteiger partial charge is 0.0750 e. The fourth-order valence-corrected chi connectivity index (χ4v) is 2.71. The average molecular weight is 276 g/mol. The summed E-state index contributed by atoms with van der Waals surface area (Å²) in [5.41, 5.74) is 2.72. The highest BCUT2D eigenvalue weighted by molar-refractivity contribution is 5.53. The Morgan fingerprint density at radius 1 is 1.35 bits per heavy atom. The molecule has 1 aromatic carbocycles. The SMILES string of the molecule is CCN(CC1CCCO1)c1ccccc1CNC(C)C. The maximum Gasteiger partial charge on any atom is 0.0750 e. The summed E-state index contributed by atoms with van der Waals surface area (Å²) >= 11 is 0. The molecule has 3 heteroatoms. The average Bonchev–Trinajstić information content (AvgIpc) is 2.96. The van der Waals surface area contributed by atoms with E-state index >= 15 is 0 Å². The first-order valence-electron chi connectivity index (χ1n) is 7.88. The van der Waals surface area contributed by atoms with Crippen LogP contribution in [0.15, 0.2) is 24.3 Å². The minimum Gasteiger partial charge on any atom is -0.376 e. The number of para-hydroxylation sites is 1. The third-order valence-electron chi connectivity index (χ3n) is 3.86. The molecule has 1 saturated heterocycles. The number of hydrogen-bond donors (Lipinski definition) is 1. The Bertz CT molecular complexity index is 400. The molecule has 0 amide bonds. The molecule has 0 aliphatic carbocycles. The molecule has 20 heavy (non-hydrogen) atoms. The zero-order valence-corrected chi connectivity index (χ0v) is 13.1. The number of hydrogen-bond acceptors (Lipinski definition) is 3. The highest BCUT2D eigenvalue weighted by Gasteiger charge is 2.19. The summed E-state index contributed by atoms with van der Waals surface area (Å²) in [5, 5.41) is 3.52. The van der Waals surface area contributed by atoms with Crippen LogP contribution in [0.3, 0.4) is 0 Å². The van der Waals surface area contributed by atoms with Crippen LogP contribution < -0.4 is 10.2 Å². The predicted octanol–water partition coefficient (Wildman–Crippen LogP) is 3.19. The Kier molecular flexibility index (Phi) is 5.86. The largest absolute Gasteiger partial charge is 0.376 e. The Morgan fingerprint density at radius 3 is 2.80 bits per heavy atom. The van der Waals surface area contributed by atoms with Crippen molar-refractivity contribution in [1.82, 2.24) is 5.32 Å². The van der Waals surface area contributed by atoms with Gasteiger partial charge < -0.3 is 15.0 Å². The highest BCUT2D eigenvalue weighted by Crippen LogP contribution is 2.23. The van der Waals surface area contributed by atoms with E-state index in [1.54, 1.807) is 0 Å². The zero-order chi connectivity index (χ0) is 14.4. The molecule has 3 nitrogen and oxygen atoms in total. The van der Waals surface area contributed by atoms with Crippen molar-refractivity contribution in [2.75, 3.05) is 24.6 Å². The van der Waals surface area contributed by atoms with Gasteiger partial charge in [0.15, 0.2) is 0 Å². The van der Waals surface area contributed by atoms with Gasteiger partial charge in [-0.15, -0.1) is 0 Å². The second kappa shape index (κ2) is 7.65. The first-order chi connectivity index (χ1) is 9.70. The quantitative estimate of drug-likeness (QED) is 0.828. The van der Waals surface area contributed by atoms with E-state index in [0.717, 1.165) is 26.2 Å². The molecular weight excluding hydrogens is 248 g/mol. The highest BCUT2D eigenvalue weighted by atomic mass is 16.5. The molecule has 2 rings (SSSR count). The van der Waals surface area contributed by atoms with Gasteiger partial charge in [0.05, 0.1) is 6.10 Å². The lowest BCUT2D eigenvalue weighted by Crippen LogP contribution is -2.33. The number of likely N-dealkylation sites (N-methyl/N-ethyl adjacent to an activating group) is 1. The second-order valence-electron chi connectivity index (χ2n) is 5.84. The molecule has 112 valence electrons. The van der Waals surface area contributed by atoms with E-state index in [1.165, 1.54) is 24.1 Å². The number of nitrogens with zero attached hydrogens (tertiary/aromatic N) is 1. The van der Waals surface area contributed by atoms with E-state index in [9.17, 15) is 0 Å². The monoisotopic (exact) mass is 276 g/mol. The third kappa shape index (κ3) is 4.22. The molecule has 1 aromatic rings. The summed E-state index contributed by atoms with van der Waals surface area (Å²) in [6.07, 6.45) is 2.81. The Hall–Kier alpha value is -1.06. The minimum atomic E-state index is 0.404. The van der Waals surface area contributed by atoms with Crippen molar-refractivity contribution in [3.05, 3.63) is 29.8 Å². The Morgan fingerprint density at radius 2 is 2.15 bits per heavy atom. The molecule has 1 unspecified atom stereocenters. The van der Waals surface area contributed by atoms with Crippen LogP contribution in [-0.4, -0.2) is 31.8 Å². The van der Waals surface area contributed by atoms with Crippen molar-refractivity contribution in [2.45, 2.75) is 52.3 Å². The summed E-state index contributed by atoms with van der Waals surface area (Å²) in [6, 6.07) is 9.22. The lowest BCUT2D eigenvalue weighted by Gasteiger charge is -2.28. The van der Waals surface area contributed by atoms with E-state index in [0.29, 0.717) is 12.1 Å². The number of benzene rings is 1. The first-order valence-corrected chi connectivity index (χ1v) is 7.88. The summed E-state index contributed by atoms with van der Waals surface area (Å²) < 4.78 is 5.79. The zero-order valence-electron chi connectivity index (χ0n) is 13.1. The maximum atomic E-state index is 5.79. The van der Waals surface area contributed by atoms with Gasteiger partial charge in [-0.05, 0) is 31.4 Å². The lowest BCUT2D eigenvalue weighted by molar-refractivity contribution is 0.115. The normalized spacial score (nSPS) is 18.7. The number of anilines is 1. The van der Waals surface area contributed by atoms with Gasteiger partial charge in [0.1, 0.15) is 0 Å². The molecule has 0 radical (unpaired) electrons. The van der Waals surface area contributed by atoms with Crippen molar-refractivity contribution in [3.8, 4) is 0 Å². The van der Waals surface area contributed by atoms with Crippen LogP contribution >= 0.6 is 0 Å². The fourth-order valence-electron chi connectivity index (χ4n) is 2.71. The van der Waals surface area contributed by atoms with Crippen molar-refractivity contribution < 1.29 is 4.74 Å². The summed E-state index contributed by atoms with van der Waals surface area (Å²) in [6.45, 7) is 10.5. The van der Waals surface area contributed by atoms with Gasteiger partial charge in [-0.1, -0.05) is 32.0 Å². The molecule has 1 atom stereocenters. The van der Waals surface area contributed by atoms with Crippen molar-refractivity contribution in [3.63, 3.8) is 0 Å². The van der Waals surface area contributed by atoms with E-state index in [1.807, 2.05) is 0 Å². The molecule has 1 aliphatic heterocycles. The molecule has 0 spiro atoms. The van der Waals surface area contributed by atoms with Crippen LogP contribution in [-0.2, 0) is 11.3 Å². The topological polar surface area (TPSA) is 24.5 Å². The van der Waals surface area contributed by atoms with Crippen LogP contribution in [0, 0.1) is 0 Å². The van der Waals surface area contributed by atoms with Crippen molar-refractivity contribution >= 4 is 5.69 Å². The molecule has 1 fully saturated rings. The van der Waals surface area contributed by atoms with Crippen LogP contribution in [0.5, 0.6) is 0 Å². The van der Waals surface area contributed by atoms with E-state index in [-0.39, 0.29) is 0 Å².